The first-order valence-corrected chi connectivity index (χ1v) is 6.21. The van der Waals surface area contributed by atoms with Crippen LogP contribution in [0.15, 0.2) is 18.3 Å². The first-order chi connectivity index (χ1) is 7.80. The van der Waals surface area contributed by atoms with Gasteiger partial charge in [-0.05, 0) is 23.5 Å². The summed E-state index contributed by atoms with van der Waals surface area (Å²) in [6.45, 7) is 9.85. The number of nitrogens with one attached hydrogen (secondary N) is 1. The Labute approximate surface area is 109 Å². The zero-order valence-electron chi connectivity index (χ0n) is 10.9. The first kappa shape index (κ1) is 13.9. The lowest BCUT2D eigenvalue weighted by Crippen LogP contribution is -2.25. The van der Waals surface area contributed by atoms with E-state index in [1.165, 1.54) is 0 Å². The predicted molar refractivity (Wildman–Crippen MR) is 77.2 cm³/mol. The molecule has 0 aliphatic rings. The summed E-state index contributed by atoms with van der Waals surface area (Å²) in [6.07, 6.45) is 1.70. The van der Waals surface area contributed by atoms with E-state index in [9.17, 15) is 0 Å². The van der Waals surface area contributed by atoms with Gasteiger partial charge in [-0.3, -0.25) is 0 Å². The van der Waals surface area contributed by atoms with Gasteiger partial charge >= 0.3 is 0 Å². The van der Waals surface area contributed by atoms with Gasteiger partial charge < -0.3 is 11.1 Å². The smallest absolute Gasteiger partial charge is 0.125 e. The molecule has 4 heteroatoms. The summed E-state index contributed by atoms with van der Waals surface area (Å²) < 4.78 is 0. The molecule has 0 saturated heterocycles. The Morgan fingerprint density at radius 2 is 2.12 bits per heavy atom. The lowest BCUT2D eigenvalue weighted by atomic mass is 9.82. The Morgan fingerprint density at radius 1 is 1.47 bits per heavy atom. The van der Waals surface area contributed by atoms with Crippen molar-refractivity contribution >= 4 is 23.0 Å². The Hall–Kier alpha value is -1.16. The minimum absolute atomic E-state index is 0.297. The van der Waals surface area contributed by atoms with E-state index in [1.807, 2.05) is 12.1 Å². The van der Waals surface area contributed by atoms with Gasteiger partial charge in [-0.1, -0.05) is 39.9 Å². The number of pyridine rings is 1. The molecule has 1 unspecified atom stereocenters. The average molecular weight is 251 g/mol. The molecule has 0 fully saturated rings. The highest BCUT2D eigenvalue weighted by molar-refractivity contribution is 7.80. The molecule has 0 aliphatic carbocycles. The molecule has 17 heavy (non-hydrogen) atoms. The summed E-state index contributed by atoms with van der Waals surface area (Å²) in [5.74, 6) is 1.43. The van der Waals surface area contributed by atoms with Gasteiger partial charge in [0.25, 0.3) is 0 Å². The molecule has 0 aromatic carbocycles. The largest absolute Gasteiger partial charge is 0.389 e. The van der Waals surface area contributed by atoms with Crippen molar-refractivity contribution in [2.24, 2.45) is 17.1 Å². The lowest BCUT2D eigenvalue weighted by molar-refractivity contribution is 0.274. The number of nitrogens with two attached hydrogens (primary N) is 1. The second kappa shape index (κ2) is 5.45. The van der Waals surface area contributed by atoms with Gasteiger partial charge in [0.05, 0.1) is 0 Å². The van der Waals surface area contributed by atoms with Crippen LogP contribution in [0.4, 0.5) is 5.82 Å². The van der Waals surface area contributed by atoms with E-state index in [2.05, 4.69) is 38.0 Å². The van der Waals surface area contributed by atoms with Crippen molar-refractivity contribution in [3.8, 4) is 0 Å². The van der Waals surface area contributed by atoms with E-state index in [1.54, 1.807) is 6.20 Å². The zero-order chi connectivity index (χ0) is 13.1. The predicted octanol–water partition coefficient (Wildman–Crippen LogP) is 2.81. The molecule has 1 heterocycles. The topological polar surface area (TPSA) is 50.9 Å². The molecule has 1 rings (SSSR count). The lowest BCUT2D eigenvalue weighted by Gasteiger charge is -2.27. The zero-order valence-corrected chi connectivity index (χ0v) is 11.8. The van der Waals surface area contributed by atoms with Crippen LogP contribution in [0.25, 0.3) is 0 Å². The molecule has 3 nitrogen and oxygen atoms in total. The van der Waals surface area contributed by atoms with E-state index in [4.69, 9.17) is 18.0 Å². The number of rotatable bonds is 4. The molecule has 0 radical (unpaired) electrons. The molecular formula is C13H21N3S. The van der Waals surface area contributed by atoms with E-state index in [-0.39, 0.29) is 0 Å². The highest BCUT2D eigenvalue weighted by Gasteiger charge is 2.19. The van der Waals surface area contributed by atoms with Crippen LogP contribution in [0, 0.1) is 11.3 Å². The average Bonchev–Trinajstić information content (AvgIpc) is 2.25. The minimum atomic E-state index is 0.297. The van der Waals surface area contributed by atoms with Crippen molar-refractivity contribution in [3.05, 3.63) is 23.9 Å². The van der Waals surface area contributed by atoms with Crippen LogP contribution in [0.2, 0.25) is 0 Å². The minimum Gasteiger partial charge on any atom is -0.389 e. The van der Waals surface area contributed by atoms with E-state index in [0.717, 1.165) is 17.9 Å². The number of hydrogen-bond donors (Lipinski definition) is 2. The van der Waals surface area contributed by atoms with Crippen LogP contribution >= 0.6 is 12.2 Å². The van der Waals surface area contributed by atoms with Crippen LogP contribution < -0.4 is 11.1 Å². The van der Waals surface area contributed by atoms with Crippen LogP contribution in [-0.2, 0) is 0 Å². The molecule has 0 amide bonds. The molecule has 0 aliphatic heterocycles. The Kier molecular flexibility index (Phi) is 4.46. The fraction of sp³-hybridized carbons (Fsp3) is 0.538. The van der Waals surface area contributed by atoms with Gasteiger partial charge in [0.15, 0.2) is 0 Å². The van der Waals surface area contributed by atoms with Crippen LogP contribution in [0.3, 0.4) is 0 Å². The molecule has 3 N–H and O–H groups in total. The van der Waals surface area contributed by atoms with Crippen LogP contribution in [-0.4, -0.2) is 16.5 Å². The summed E-state index contributed by atoms with van der Waals surface area (Å²) in [5.41, 5.74) is 6.61. The highest BCUT2D eigenvalue weighted by atomic mass is 32.1. The number of aromatic nitrogens is 1. The summed E-state index contributed by atoms with van der Waals surface area (Å²) in [5, 5.41) is 3.32. The van der Waals surface area contributed by atoms with Gasteiger partial charge in [-0.2, -0.15) is 0 Å². The molecule has 1 aromatic heterocycles. The van der Waals surface area contributed by atoms with E-state index in [0.29, 0.717) is 16.3 Å². The summed E-state index contributed by atoms with van der Waals surface area (Å²) in [7, 11) is 0. The SMILES string of the molecule is CC(CNc1ccc(C(N)=S)cn1)C(C)(C)C. The maximum atomic E-state index is 5.51. The van der Waals surface area contributed by atoms with Crippen molar-refractivity contribution < 1.29 is 0 Å². The van der Waals surface area contributed by atoms with Crippen molar-refractivity contribution in [1.29, 1.82) is 0 Å². The fourth-order valence-corrected chi connectivity index (χ4v) is 1.33. The summed E-state index contributed by atoms with van der Waals surface area (Å²) >= 11 is 4.88. The fourth-order valence-electron chi connectivity index (χ4n) is 1.21. The molecule has 0 bridgehead atoms. The molecule has 0 spiro atoms. The monoisotopic (exact) mass is 251 g/mol. The van der Waals surface area contributed by atoms with Crippen LogP contribution in [0.1, 0.15) is 33.3 Å². The molecule has 0 saturated carbocycles. The first-order valence-electron chi connectivity index (χ1n) is 5.80. The molecular weight excluding hydrogens is 230 g/mol. The number of anilines is 1. The Morgan fingerprint density at radius 3 is 2.53 bits per heavy atom. The number of nitrogens with zero attached hydrogens (tertiary/aromatic N) is 1. The maximum absolute atomic E-state index is 5.51. The normalized spacial score (nSPS) is 13.2. The van der Waals surface area contributed by atoms with E-state index < -0.39 is 0 Å². The number of thiocarbonyl (C=S) groups is 1. The molecule has 94 valence electrons. The van der Waals surface area contributed by atoms with Gasteiger partial charge in [0.1, 0.15) is 10.8 Å². The maximum Gasteiger partial charge on any atom is 0.125 e. The molecule has 1 aromatic rings. The second-order valence-corrected chi connectivity index (χ2v) is 5.88. The summed E-state index contributed by atoms with van der Waals surface area (Å²) in [6, 6.07) is 3.79. The Balaban J connectivity index is 2.56. The van der Waals surface area contributed by atoms with Crippen molar-refractivity contribution in [2.45, 2.75) is 27.7 Å². The quantitative estimate of drug-likeness (QED) is 0.808. The van der Waals surface area contributed by atoms with Gasteiger partial charge in [-0.15, -0.1) is 0 Å². The van der Waals surface area contributed by atoms with E-state index >= 15 is 0 Å². The van der Waals surface area contributed by atoms with Gasteiger partial charge in [-0.25, -0.2) is 4.98 Å². The third-order valence-corrected chi connectivity index (χ3v) is 3.35. The van der Waals surface area contributed by atoms with Gasteiger partial charge in [0.2, 0.25) is 0 Å². The third-order valence-electron chi connectivity index (χ3n) is 3.12. The van der Waals surface area contributed by atoms with Gasteiger partial charge in [0, 0.05) is 18.3 Å². The third kappa shape index (κ3) is 4.30. The molecule has 1 atom stereocenters. The van der Waals surface area contributed by atoms with Crippen molar-refractivity contribution in [3.63, 3.8) is 0 Å². The Bertz CT molecular complexity index is 379. The second-order valence-electron chi connectivity index (χ2n) is 5.44. The van der Waals surface area contributed by atoms with Crippen molar-refractivity contribution in [2.75, 3.05) is 11.9 Å². The van der Waals surface area contributed by atoms with Crippen molar-refractivity contribution in [1.82, 2.24) is 4.98 Å². The number of hydrogen-bond acceptors (Lipinski definition) is 3. The highest BCUT2D eigenvalue weighted by Crippen LogP contribution is 2.25. The summed E-state index contributed by atoms with van der Waals surface area (Å²) in [4.78, 5) is 4.66. The van der Waals surface area contributed by atoms with Crippen LogP contribution in [0.5, 0.6) is 0 Å². The standard InChI is InChI=1S/C13H21N3S/c1-9(13(2,3)4)7-15-11-6-5-10(8-16-11)12(14)17/h5-6,8-9H,7H2,1-4H3,(H2,14,17)(H,15,16).